The van der Waals surface area contributed by atoms with Gasteiger partial charge in [0, 0.05) is 24.5 Å². The number of sulfonamides is 1. The van der Waals surface area contributed by atoms with Gasteiger partial charge in [0.15, 0.2) is 0 Å². The first-order valence-corrected chi connectivity index (χ1v) is 10.9. The van der Waals surface area contributed by atoms with Crippen molar-refractivity contribution in [3.8, 4) is 0 Å². The monoisotopic (exact) mass is 432 g/mol. The average Bonchev–Trinajstić information content (AvgIpc) is 2.53. The van der Waals surface area contributed by atoms with Crippen molar-refractivity contribution in [3.63, 3.8) is 0 Å². The summed E-state index contributed by atoms with van der Waals surface area (Å²) in [4.78, 5) is 13.9. The maximum Gasteiger partial charge on any atom is 0.410 e. The Morgan fingerprint density at radius 1 is 1.24 bits per heavy atom. The van der Waals surface area contributed by atoms with Crippen LogP contribution in [0.2, 0.25) is 0 Å². The maximum absolute atomic E-state index is 12.5. The predicted octanol–water partition coefficient (Wildman–Crippen LogP) is 3.26. The Labute approximate surface area is 158 Å². The summed E-state index contributed by atoms with van der Waals surface area (Å²) in [5.41, 5.74) is 0.487. The molecule has 1 heterocycles. The number of alkyl halides is 1. The smallest absolute Gasteiger partial charge is 0.410 e. The fourth-order valence-electron chi connectivity index (χ4n) is 2.55. The Morgan fingerprint density at radius 2 is 1.80 bits per heavy atom. The molecule has 0 aliphatic carbocycles. The zero-order valence-corrected chi connectivity index (χ0v) is 17.2. The van der Waals surface area contributed by atoms with E-state index in [1.165, 1.54) is 0 Å². The van der Waals surface area contributed by atoms with E-state index in [1.54, 1.807) is 29.2 Å². The summed E-state index contributed by atoms with van der Waals surface area (Å²) in [7, 11) is -3.55. The zero-order valence-electron chi connectivity index (χ0n) is 14.8. The minimum Gasteiger partial charge on any atom is -0.444 e. The third-order valence-corrected chi connectivity index (χ3v) is 6.04. The van der Waals surface area contributed by atoms with Gasteiger partial charge in [0.2, 0.25) is 10.0 Å². The van der Waals surface area contributed by atoms with Gasteiger partial charge in [-0.1, -0.05) is 28.1 Å². The lowest BCUT2D eigenvalue weighted by molar-refractivity contribution is 0.0203. The largest absolute Gasteiger partial charge is 0.444 e. The first-order valence-electron chi connectivity index (χ1n) is 8.26. The molecule has 8 heteroatoms. The van der Waals surface area contributed by atoms with Crippen molar-refractivity contribution in [2.24, 2.45) is 0 Å². The molecule has 0 radical (unpaired) electrons. The van der Waals surface area contributed by atoms with Crippen molar-refractivity contribution in [2.45, 2.75) is 55.5 Å². The quantitative estimate of drug-likeness (QED) is 0.740. The SMILES string of the molecule is CC(C)(C)OC(=O)N1CCC(NS(=O)(=O)c2ccc(CBr)cc2)CC1. The molecule has 140 valence electrons. The summed E-state index contributed by atoms with van der Waals surface area (Å²) in [6.07, 6.45) is 0.787. The highest BCUT2D eigenvalue weighted by atomic mass is 79.9. The molecule has 1 aromatic rings. The molecule has 2 rings (SSSR count). The number of carbonyl (C=O) groups is 1. The standard InChI is InChI=1S/C17H25BrN2O4S/c1-17(2,3)24-16(21)20-10-8-14(9-11-20)19-25(22,23)15-6-4-13(12-18)5-7-15/h4-7,14,19H,8-12H2,1-3H3. The molecule has 1 saturated heterocycles. The molecule has 1 aliphatic heterocycles. The van der Waals surface area contributed by atoms with Gasteiger partial charge in [-0.3, -0.25) is 0 Å². The average molecular weight is 433 g/mol. The van der Waals surface area contributed by atoms with Crippen molar-refractivity contribution in [3.05, 3.63) is 29.8 Å². The molecule has 0 atom stereocenters. The second-order valence-electron chi connectivity index (χ2n) is 7.14. The second kappa shape index (κ2) is 8.05. The third-order valence-electron chi connectivity index (χ3n) is 3.86. The highest BCUT2D eigenvalue weighted by Crippen LogP contribution is 2.18. The van der Waals surface area contributed by atoms with Crippen molar-refractivity contribution >= 4 is 32.0 Å². The van der Waals surface area contributed by atoms with Crippen LogP contribution in [0.3, 0.4) is 0 Å². The van der Waals surface area contributed by atoms with Gasteiger partial charge in [-0.15, -0.1) is 0 Å². The summed E-state index contributed by atoms with van der Waals surface area (Å²) in [5, 5.41) is 0.684. The number of piperidine rings is 1. The number of hydrogen-bond acceptors (Lipinski definition) is 4. The van der Waals surface area contributed by atoms with E-state index >= 15 is 0 Å². The van der Waals surface area contributed by atoms with E-state index in [4.69, 9.17) is 4.74 Å². The number of carbonyl (C=O) groups excluding carboxylic acids is 1. The predicted molar refractivity (Wildman–Crippen MR) is 100 cm³/mol. The molecule has 1 N–H and O–H groups in total. The van der Waals surface area contributed by atoms with Gasteiger partial charge in [0.05, 0.1) is 4.90 Å². The zero-order chi connectivity index (χ0) is 18.7. The van der Waals surface area contributed by atoms with E-state index < -0.39 is 15.6 Å². The fourth-order valence-corrected chi connectivity index (χ4v) is 4.23. The van der Waals surface area contributed by atoms with Crippen LogP contribution < -0.4 is 4.72 Å². The van der Waals surface area contributed by atoms with Crippen LogP contribution in [0.25, 0.3) is 0 Å². The second-order valence-corrected chi connectivity index (χ2v) is 9.42. The number of nitrogens with one attached hydrogen (secondary N) is 1. The van der Waals surface area contributed by atoms with Crippen LogP contribution in [0.1, 0.15) is 39.2 Å². The molecule has 1 fully saturated rings. The van der Waals surface area contributed by atoms with E-state index in [0.717, 1.165) is 5.56 Å². The maximum atomic E-state index is 12.5. The molecular formula is C17H25BrN2O4S. The highest BCUT2D eigenvalue weighted by molar-refractivity contribution is 9.08. The van der Waals surface area contributed by atoms with Crippen LogP contribution in [0, 0.1) is 0 Å². The van der Waals surface area contributed by atoms with Crippen LogP contribution in [-0.4, -0.2) is 44.1 Å². The molecule has 1 aliphatic rings. The number of benzene rings is 1. The molecule has 6 nitrogen and oxygen atoms in total. The summed E-state index contributed by atoms with van der Waals surface area (Å²) in [6.45, 7) is 6.43. The van der Waals surface area contributed by atoms with Gasteiger partial charge in [0.1, 0.15) is 5.60 Å². The van der Waals surface area contributed by atoms with Gasteiger partial charge in [-0.25, -0.2) is 17.9 Å². The summed E-state index contributed by atoms with van der Waals surface area (Å²) in [6, 6.07) is 6.60. The van der Waals surface area contributed by atoms with Crippen molar-refractivity contribution in [1.82, 2.24) is 9.62 Å². The summed E-state index contributed by atoms with van der Waals surface area (Å²) >= 11 is 3.34. The highest BCUT2D eigenvalue weighted by Gasteiger charge is 2.29. The number of amides is 1. The molecule has 1 amide bonds. The molecule has 0 bridgehead atoms. The lowest BCUT2D eigenvalue weighted by Gasteiger charge is -2.33. The van der Waals surface area contributed by atoms with Gasteiger partial charge in [0.25, 0.3) is 0 Å². The number of rotatable bonds is 4. The van der Waals surface area contributed by atoms with E-state index in [-0.39, 0.29) is 17.0 Å². The van der Waals surface area contributed by atoms with Crippen molar-refractivity contribution in [2.75, 3.05) is 13.1 Å². The molecular weight excluding hydrogens is 408 g/mol. The van der Waals surface area contributed by atoms with Crippen LogP contribution in [0.5, 0.6) is 0 Å². The Kier molecular flexibility index (Phi) is 6.51. The first kappa shape index (κ1) is 20.2. The lowest BCUT2D eigenvalue weighted by atomic mass is 10.1. The van der Waals surface area contributed by atoms with Crippen molar-refractivity contribution in [1.29, 1.82) is 0 Å². The van der Waals surface area contributed by atoms with Crippen molar-refractivity contribution < 1.29 is 17.9 Å². The fraction of sp³-hybridized carbons (Fsp3) is 0.588. The van der Waals surface area contributed by atoms with Gasteiger partial charge < -0.3 is 9.64 Å². The summed E-state index contributed by atoms with van der Waals surface area (Å²) in [5.74, 6) is 0. The van der Waals surface area contributed by atoms with Crippen LogP contribution in [0.15, 0.2) is 29.2 Å². The number of hydrogen-bond donors (Lipinski definition) is 1. The Balaban J connectivity index is 1.91. The van der Waals surface area contributed by atoms with Gasteiger partial charge >= 0.3 is 6.09 Å². The van der Waals surface area contributed by atoms with E-state index in [1.807, 2.05) is 20.8 Å². The minimum atomic E-state index is -3.55. The van der Waals surface area contributed by atoms with E-state index in [2.05, 4.69) is 20.7 Å². The number of halogens is 1. The number of likely N-dealkylation sites (tertiary alicyclic amines) is 1. The molecule has 0 aromatic heterocycles. The minimum absolute atomic E-state index is 0.181. The molecule has 0 unspecified atom stereocenters. The van der Waals surface area contributed by atoms with E-state index in [0.29, 0.717) is 31.3 Å². The van der Waals surface area contributed by atoms with Gasteiger partial charge in [-0.05, 0) is 51.3 Å². The molecule has 1 aromatic carbocycles. The molecule has 0 saturated carbocycles. The normalized spacial score (nSPS) is 16.7. The number of ether oxygens (including phenoxy) is 1. The first-order chi connectivity index (χ1) is 11.6. The summed E-state index contributed by atoms with van der Waals surface area (Å²) < 4.78 is 33.0. The third kappa shape index (κ3) is 5.97. The van der Waals surface area contributed by atoms with Crippen LogP contribution in [0.4, 0.5) is 4.79 Å². The van der Waals surface area contributed by atoms with Crippen LogP contribution in [-0.2, 0) is 20.1 Å². The molecule has 25 heavy (non-hydrogen) atoms. The topological polar surface area (TPSA) is 75.7 Å². The Hall–Kier alpha value is -1.12. The van der Waals surface area contributed by atoms with Crippen LogP contribution >= 0.6 is 15.9 Å². The van der Waals surface area contributed by atoms with E-state index in [9.17, 15) is 13.2 Å². The Bertz CT molecular complexity index is 690. The molecule has 0 spiro atoms. The van der Waals surface area contributed by atoms with Gasteiger partial charge in [-0.2, -0.15) is 0 Å². The Morgan fingerprint density at radius 3 is 2.28 bits per heavy atom. The lowest BCUT2D eigenvalue weighted by Crippen LogP contribution is -2.47. The number of nitrogens with zero attached hydrogens (tertiary/aromatic N) is 1.